The molecule has 0 spiro atoms. The first-order valence-electron chi connectivity index (χ1n) is 4.91. The molecule has 0 saturated heterocycles. The first kappa shape index (κ1) is 12.5. The fourth-order valence-electron chi connectivity index (χ4n) is 1.36. The van der Waals surface area contributed by atoms with Crippen LogP contribution < -0.4 is 9.47 Å². The minimum Gasteiger partial charge on any atom is -0.483 e. The molecular weight excluding hydrogens is 254 g/mol. The van der Waals surface area contributed by atoms with Crippen LogP contribution in [0, 0.1) is 11.3 Å². The zero-order valence-electron chi connectivity index (χ0n) is 8.92. The van der Waals surface area contributed by atoms with Crippen LogP contribution in [0.25, 0.3) is 0 Å². The Hall–Kier alpha value is -1.97. The van der Waals surface area contributed by atoms with E-state index in [9.17, 15) is 17.6 Å². The topological polar surface area (TPSA) is 42.2 Å². The Balaban J connectivity index is 2.36. The fraction of sp³-hybridized carbons (Fsp3) is 0.364. The van der Waals surface area contributed by atoms with Crippen LogP contribution in [-0.2, 0) is 0 Å². The molecule has 1 aromatic carbocycles. The SMILES string of the molecule is N#Cc1ccc2c(c1)OCC(F)(F)C(F)(F)CO2. The zero-order valence-corrected chi connectivity index (χ0v) is 8.92. The van der Waals surface area contributed by atoms with Gasteiger partial charge in [0.05, 0.1) is 11.6 Å². The van der Waals surface area contributed by atoms with Crippen molar-refractivity contribution in [1.82, 2.24) is 0 Å². The van der Waals surface area contributed by atoms with Crippen molar-refractivity contribution in [3.63, 3.8) is 0 Å². The summed E-state index contributed by atoms with van der Waals surface area (Å²) in [5.74, 6) is -8.88. The number of alkyl halides is 4. The molecule has 7 heteroatoms. The molecule has 0 aliphatic carbocycles. The molecule has 18 heavy (non-hydrogen) atoms. The Morgan fingerprint density at radius 1 is 1.00 bits per heavy atom. The van der Waals surface area contributed by atoms with Gasteiger partial charge in [0.15, 0.2) is 24.7 Å². The number of nitrogens with zero attached hydrogens (tertiary/aromatic N) is 1. The van der Waals surface area contributed by atoms with Crippen molar-refractivity contribution in [3.8, 4) is 17.6 Å². The molecule has 0 atom stereocenters. The first-order valence-corrected chi connectivity index (χ1v) is 4.91. The summed E-state index contributed by atoms with van der Waals surface area (Å²) in [6.45, 7) is -2.91. The summed E-state index contributed by atoms with van der Waals surface area (Å²) >= 11 is 0. The van der Waals surface area contributed by atoms with Crippen LogP contribution in [0.15, 0.2) is 18.2 Å². The Morgan fingerprint density at radius 3 is 2.11 bits per heavy atom. The molecule has 0 amide bonds. The number of ether oxygens (including phenoxy) is 2. The molecule has 0 radical (unpaired) electrons. The van der Waals surface area contributed by atoms with E-state index in [4.69, 9.17) is 5.26 Å². The molecule has 1 aliphatic heterocycles. The van der Waals surface area contributed by atoms with Gasteiger partial charge < -0.3 is 9.47 Å². The van der Waals surface area contributed by atoms with Crippen LogP contribution in [0.4, 0.5) is 17.6 Å². The number of fused-ring (bicyclic) bond motifs is 1. The smallest absolute Gasteiger partial charge is 0.346 e. The summed E-state index contributed by atoms with van der Waals surface area (Å²) in [6.07, 6.45) is 0. The number of benzene rings is 1. The van der Waals surface area contributed by atoms with Crippen LogP contribution in [0.2, 0.25) is 0 Å². The maximum Gasteiger partial charge on any atom is 0.346 e. The van der Waals surface area contributed by atoms with E-state index in [1.807, 2.05) is 0 Å². The second-order valence-corrected chi connectivity index (χ2v) is 3.76. The highest BCUT2D eigenvalue weighted by Crippen LogP contribution is 2.40. The van der Waals surface area contributed by atoms with Crippen molar-refractivity contribution < 1.29 is 27.0 Å². The van der Waals surface area contributed by atoms with Crippen molar-refractivity contribution in [2.75, 3.05) is 13.2 Å². The predicted molar refractivity (Wildman–Crippen MR) is 52.0 cm³/mol. The van der Waals surface area contributed by atoms with E-state index in [0.717, 1.165) is 6.07 Å². The van der Waals surface area contributed by atoms with Gasteiger partial charge in [-0.15, -0.1) is 0 Å². The number of hydrogen-bond donors (Lipinski definition) is 0. The van der Waals surface area contributed by atoms with E-state index in [-0.39, 0.29) is 17.1 Å². The highest BCUT2D eigenvalue weighted by molar-refractivity contribution is 5.47. The Bertz CT molecular complexity index is 510. The lowest BCUT2D eigenvalue weighted by Crippen LogP contribution is -2.50. The molecular formula is C11H7F4NO2. The lowest BCUT2D eigenvalue weighted by Gasteiger charge is -2.29. The average molecular weight is 261 g/mol. The van der Waals surface area contributed by atoms with Crippen molar-refractivity contribution in [1.29, 1.82) is 5.26 Å². The highest BCUT2D eigenvalue weighted by Gasteiger charge is 2.58. The third-order valence-corrected chi connectivity index (χ3v) is 2.43. The largest absolute Gasteiger partial charge is 0.483 e. The monoisotopic (exact) mass is 261 g/mol. The summed E-state index contributed by atoms with van der Waals surface area (Å²) in [4.78, 5) is 0. The summed E-state index contributed by atoms with van der Waals surface area (Å²) < 4.78 is 61.5. The summed E-state index contributed by atoms with van der Waals surface area (Å²) in [6, 6.07) is 5.49. The summed E-state index contributed by atoms with van der Waals surface area (Å²) in [5, 5.41) is 8.64. The molecule has 1 aliphatic rings. The van der Waals surface area contributed by atoms with Crippen LogP contribution in [0.1, 0.15) is 5.56 Å². The number of halogens is 4. The number of nitriles is 1. The predicted octanol–water partition coefficient (Wildman–Crippen LogP) is 2.60. The van der Waals surface area contributed by atoms with Gasteiger partial charge in [-0.2, -0.15) is 22.8 Å². The van der Waals surface area contributed by atoms with Gasteiger partial charge in [0.25, 0.3) is 0 Å². The summed E-state index contributed by atoms with van der Waals surface area (Å²) in [7, 11) is 0. The molecule has 0 fully saturated rings. The lowest BCUT2D eigenvalue weighted by molar-refractivity contribution is -0.236. The molecule has 3 nitrogen and oxygen atoms in total. The van der Waals surface area contributed by atoms with E-state index < -0.39 is 25.1 Å². The Morgan fingerprint density at radius 2 is 1.56 bits per heavy atom. The van der Waals surface area contributed by atoms with E-state index in [1.54, 1.807) is 6.07 Å². The number of hydrogen-bond acceptors (Lipinski definition) is 3. The Labute approximate surface area is 99.5 Å². The van der Waals surface area contributed by atoms with E-state index in [1.165, 1.54) is 12.1 Å². The van der Waals surface area contributed by atoms with Gasteiger partial charge in [0, 0.05) is 6.07 Å². The minimum absolute atomic E-state index is 0.0934. The fourth-order valence-corrected chi connectivity index (χ4v) is 1.36. The third-order valence-electron chi connectivity index (χ3n) is 2.43. The van der Waals surface area contributed by atoms with Crippen molar-refractivity contribution in [2.45, 2.75) is 11.8 Å². The normalized spacial score (nSPS) is 20.4. The van der Waals surface area contributed by atoms with Crippen LogP contribution >= 0.6 is 0 Å². The van der Waals surface area contributed by atoms with Gasteiger partial charge in [-0.1, -0.05) is 0 Å². The highest BCUT2D eigenvalue weighted by atomic mass is 19.3. The van der Waals surface area contributed by atoms with Gasteiger partial charge in [0.1, 0.15) is 0 Å². The molecule has 0 aromatic heterocycles. The van der Waals surface area contributed by atoms with Gasteiger partial charge in [0.2, 0.25) is 0 Å². The average Bonchev–Trinajstić information content (AvgIpc) is 2.33. The molecule has 0 N–H and O–H groups in total. The molecule has 0 unspecified atom stereocenters. The van der Waals surface area contributed by atoms with Crippen molar-refractivity contribution in [2.24, 2.45) is 0 Å². The minimum atomic E-state index is -4.33. The van der Waals surface area contributed by atoms with E-state index >= 15 is 0 Å². The van der Waals surface area contributed by atoms with Gasteiger partial charge >= 0.3 is 11.8 Å². The van der Waals surface area contributed by atoms with Gasteiger partial charge in [-0.05, 0) is 12.1 Å². The standard InChI is InChI=1S/C11H7F4NO2/c12-10(13)5-17-8-2-1-7(4-16)3-9(8)18-6-11(10,14)15/h1-3H,5-6H2. The molecule has 96 valence electrons. The van der Waals surface area contributed by atoms with Gasteiger partial charge in [-0.3, -0.25) is 0 Å². The second-order valence-electron chi connectivity index (χ2n) is 3.76. The molecule has 2 rings (SSSR count). The first-order chi connectivity index (χ1) is 8.36. The van der Waals surface area contributed by atoms with Gasteiger partial charge in [-0.25, -0.2) is 0 Å². The molecule has 0 bridgehead atoms. The zero-order chi connectivity index (χ0) is 13.4. The van der Waals surface area contributed by atoms with Crippen LogP contribution in [-0.4, -0.2) is 25.1 Å². The van der Waals surface area contributed by atoms with E-state index in [0.29, 0.717) is 0 Å². The maximum absolute atomic E-state index is 13.1. The van der Waals surface area contributed by atoms with Crippen molar-refractivity contribution >= 4 is 0 Å². The van der Waals surface area contributed by atoms with Crippen molar-refractivity contribution in [3.05, 3.63) is 23.8 Å². The summed E-state index contributed by atoms with van der Waals surface area (Å²) in [5.41, 5.74) is 0.160. The third kappa shape index (κ3) is 2.06. The van der Waals surface area contributed by atoms with E-state index in [2.05, 4.69) is 9.47 Å². The quantitative estimate of drug-likeness (QED) is 0.674. The second kappa shape index (κ2) is 4.05. The molecule has 1 aromatic rings. The lowest BCUT2D eigenvalue weighted by atomic mass is 10.1. The Kier molecular flexibility index (Phi) is 2.81. The molecule has 1 heterocycles. The van der Waals surface area contributed by atoms with Crippen LogP contribution in [0.3, 0.4) is 0 Å². The maximum atomic E-state index is 13.1. The van der Waals surface area contributed by atoms with Crippen LogP contribution in [0.5, 0.6) is 11.5 Å². The molecule has 0 saturated carbocycles. The number of rotatable bonds is 0.